The fraction of sp³-hybridized carbons (Fsp3) is 0.167. The average molecular weight is 364 g/mol. The van der Waals surface area contributed by atoms with Crippen LogP contribution in [-0.4, -0.2) is 29.5 Å². The van der Waals surface area contributed by atoms with Crippen molar-refractivity contribution in [1.82, 2.24) is 29.5 Å². The number of anilines is 3. The molecule has 3 aromatic heterocycles. The predicted octanol–water partition coefficient (Wildman–Crippen LogP) is 3.08. The molecule has 1 aromatic carbocycles. The number of hydrogen-bond donors (Lipinski definition) is 2. The van der Waals surface area contributed by atoms with Crippen molar-refractivity contribution >= 4 is 28.7 Å². The highest BCUT2D eigenvalue weighted by molar-refractivity contribution is 5.77. The summed E-state index contributed by atoms with van der Waals surface area (Å²) in [6, 6.07) is 6.66. The van der Waals surface area contributed by atoms with Gasteiger partial charge in [-0.05, 0) is 37.6 Å². The zero-order chi connectivity index (χ0) is 19.0. The second-order valence-corrected chi connectivity index (χ2v) is 5.99. The number of hydrogen-bond acceptors (Lipinski definition) is 7. The molecule has 0 spiro atoms. The Morgan fingerprint density at radius 3 is 2.74 bits per heavy atom. The highest BCUT2D eigenvalue weighted by atomic mass is 19.1. The summed E-state index contributed by atoms with van der Waals surface area (Å²) in [6.45, 7) is 4.42. The molecule has 0 aliphatic carbocycles. The molecule has 0 bridgehead atoms. The van der Waals surface area contributed by atoms with E-state index >= 15 is 0 Å². The van der Waals surface area contributed by atoms with E-state index in [4.69, 9.17) is 5.73 Å². The molecule has 4 aromatic rings. The van der Waals surface area contributed by atoms with E-state index in [1.807, 2.05) is 24.5 Å². The molecule has 0 saturated heterocycles. The minimum Gasteiger partial charge on any atom is -0.368 e. The number of aryl methyl sites for hydroxylation is 2. The zero-order valence-electron chi connectivity index (χ0n) is 14.8. The first-order chi connectivity index (χ1) is 13.0. The SMILES string of the molecule is CCn1c(-c2ccnc(N)n2)nc2cnc(Nc3ccc(C)cc3F)nc21. The minimum atomic E-state index is -0.361. The normalized spacial score (nSPS) is 11.1. The molecule has 4 rings (SSSR count). The fourth-order valence-electron chi connectivity index (χ4n) is 2.81. The van der Waals surface area contributed by atoms with Crippen LogP contribution in [-0.2, 0) is 6.54 Å². The van der Waals surface area contributed by atoms with Crippen LogP contribution in [0, 0.1) is 12.7 Å². The molecule has 9 heteroatoms. The Morgan fingerprint density at radius 1 is 1.15 bits per heavy atom. The number of nitrogens with one attached hydrogen (secondary N) is 1. The van der Waals surface area contributed by atoms with E-state index in [2.05, 4.69) is 30.2 Å². The second-order valence-electron chi connectivity index (χ2n) is 5.99. The summed E-state index contributed by atoms with van der Waals surface area (Å²) < 4.78 is 16.0. The van der Waals surface area contributed by atoms with Gasteiger partial charge >= 0.3 is 0 Å². The Kier molecular flexibility index (Phi) is 4.11. The van der Waals surface area contributed by atoms with Crippen LogP contribution in [0.25, 0.3) is 22.7 Å². The third-order valence-electron chi connectivity index (χ3n) is 4.08. The lowest BCUT2D eigenvalue weighted by molar-refractivity contribution is 0.630. The first-order valence-corrected chi connectivity index (χ1v) is 8.40. The lowest BCUT2D eigenvalue weighted by Crippen LogP contribution is -2.04. The van der Waals surface area contributed by atoms with E-state index in [9.17, 15) is 4.39 Å². The number of halogens is 1. The van der Waals surface area contributed by atoms with Crippen LogP contribution in [0.5, 0.6) is 0 Å². The highest BCUT2D eigenvalue weighted by Gasteiger charge is 2.16. The van der Waals surface area contributed by atoms with Crippen LogP contribution in [0.2, 0.25) is 0 Å². The van der Waals surface area contributed by atoms with E-state index < -0.39 is 0 Å². The maximum Gasteiger partial charge on any atom is 0.229 e. The van der Waals surface area contributed by atoms with Gasteiger partial charge < -0.3 is 15.6 Å². The predicted molar refractivity (Wildman–Crippen MR) is 101 cm³/mol. The van der Waals surface area contributed by atoms with Gasteiger partial charge in [-0.1, -0.05) is 6.07 Å². The van der Waals surface area contributed by atoms with E-state index in [0.29, 0.717) is 34.9 Å². The third-order valence-corrected chi connectivity index (χ3v) is 4.08. The summed E-state index contributed by atoms with van der Waals surface area (Å²) in [5, 5.41) is 2.92. The molecule has 3 N–H and O–H groups in total. The molecule has 0 radical (unpaired) electrons. The summed E-state index contributed by atoms with van der Waals surface area (Å²) >= 11 is 0. The molecule has 0 aliphatic rings. The maximum atomic E-state index is 14.1. The van der Waals surface area contributed by atoms with Gasteiger partial charge in [-0.25, -0.2) is 24.3 Å². The molecule has 27 heavy (non-hydrogen) atoms. The molecule has 136 valence electrons. The molecular formula is C18H17FN8. The van der Waals surface area contributed by atoms with Crippen molar-refractivity contribution in [3.05, 3.63) is 48.0 Å². The first kappa shape index (κ1) is 16.8. The topological polar surface area (TPSA) is 107 Å². The maximum absolute atomic E-state index is 14.1. The minimum absolute atomic E-state index is 0.172. The number of nitrogen functional groups attached to an aromatic ring is 1. The van der Waals surface area contributed by atoms with Crippen molar-refractivity contribution in [2.24, 2.45) is 0 Å². The van der Waals surface area contributed by atoms with Gasteiger partial charge in [-0.15, -0.1) is 0 Å². The Labute approximate surface area is 154 Å². The average Bonchev–Trinajstić information content (AvgIpc) is 3.02. The van der Waals surface area contributed by atoms with Gasteiger partial charge in [0.1, 0.15) is 17.0 Å². The molecule has 0 amide bonds. The van der Waals surface area contributed by atoms with E-state index in [-0.39, 0.29) is 17.7 Å². The number of fused-ring (bicyclic) bond motifs is 1. The number of nitrogens with two attached hydrogens (primary N) is 1. The summed E-state index contributed by atoms with van der Waals surface area (Å²) in [4.78, 5) is 21.4. The highest BCUT2D eigenvalue weighted by Crippen LogP contribution is 2.24. The smallest absolute Gasteiger partial charge is 0.229 e. The lowest BCUT2D eigenvalue weighted by atomic mass is 10.2. The number of nitrogens with zero attached hydrogens (tertiary/aromatic N) is 6. The van der Waals surface area contributed by atoms with Gasteiger partial charge in [-0.3, -0.25) is 0 Å². The van der Waals surface area contributed by atoms with E-state index in [0.717, 1.165) is 5.56 Å². The van der Waals surface area contributed by atoms with Gasteiger partial charge in [0, 0.05) is 12.7 Å². The summed E-state index contributed by atoms with van der Waals surface area (Å²) in [5.74, 6) is 0.716. The molecule has 0 fully saturated rings. The van der Waals surface area contributed by atoms with Gasteiger partial charge in [0.2, 0.25) is 11.9 Å². The lowest BCUT2D eigenvalue weighted by Gasteiger charge is -2.08. The molecule has 0 saturated carbocycles. The van der Waals surface area contributed by atoms with Crippen LogP contribution in [0.4, 0.5) is 22.0 Å². The van der Waals surface area contributed by atoms with Gasteiger partial charge in [-0.2, -0.15) is 4.98 Å². The molecule has 0 atom stereocenters. The molecular weight excluding hydrogens is 347 g/mol. The van der Waals surface area contributed by atoms with Gasteiger partial charge in [0.15, 0.2) is 11.5 Å². The fourth-order valence-corrected chi connectivity index (χ4v) is 2.81. The van der Waals surface area contributed by atoms with Crippen LogP contribution < -0.4 is 11.1 Å². The van der Waals surface area contributed by atoms with Crippen molar-refractivity contribution in [1.29, 1.82) is 0 Å². The van der Waals surface area contributed by atoms with Crippen LogP contribution in [0.3, 0.4) is 0 Å². The number of rotatable bonds is 4. The largest absolute Gasteiger partial charge is 0.368 e. The molecule has 8 nitrogen and oxygen atoms in total. The van der Waals surface area contributed by atoms with Gasteiger partial charge in [0.05, 0.1) is 11.9 Å². The second kappa shape index (κ2) is 6.60. The Balaban J connectivity index is 1.78. The molecule has 0 aliphatic heterocycles. The number of aromatic nitrogens is 6. The van der Waals surface area contributed by atoms with Crippen LogP contribution in [0.15, 0.2) is 36.7 Å². The molecule has 3 heterocycles. The van der Waals surface area contributed by atoms with Gasteiger partial charge in [0.25, 0.3) is 0 Å². The first-order valence-electron chi connectivity index (χ1n) is 8.40. The summed E-state index contributed by atoms with van der Waals surface area (Å²) in [6.07, 6.45) is 3.17. The van der Waals surface area contributed by atoms with Crippen LogP contribution in [0.1, 0.15) is 12.5 Å². The van der Waals surface area contributed by atoms with Crippen molar-refractivity contribution in [2.45, 2.75) is 20.4 Å². The quantitative estimate of drug-likeness (QED) is 0.573. The Hall–Kier alpha value is -3.62. The number of imidazole rings is 1. The molecule has 0 unspecified atom stereocenters. The van der Waals surface area contributed by atoms with Crippen molar-refractivity contribution in [2.75, 3.05) is 11.1 Å². The zero-order valence-corrected chi connectivity index (χ0v) is 14.8. The number of benzene rings is 1. The van der Waals surface area contributed by atoms with Crippen molar-refractivity contribution in [3.63, 3.8) is 0 Å². The van der Waals surface area contributed by atoms with E-state index in [1.165, 1.54) is 6.07 Å². The van der Waals surface area contributed by atoms with Crippen molar-refractivity contribution in [3.8, 4) is 11.5 Å². The van der Waals surface area contributed by atoms with Crippen molar-refractivity contribution < 1.29 is 4.39 Å². The monoisotopic (exact) mass is 364 g/mol. The van der Waals surface area contributed by atoms with E-state index in [1.54, 1.807) is 24.5 Å². The third kappa shape index (κ3) is 3.14. The Bertz CT molecular complexity index is 1140. The van der Waals surface area contributed by atoms with Crippen LogP contribution >= 0.6 is 0 Å². The standard InChI is InChI=1S/C18H17FN8/c1-3-27-15(13-6-7-21-17(20)24-13)23-14-9-22-18(26-16(14)27)25-12-5-4-10(2)8-11(12)19/h4-9H,3H2,1-2H3,(H2,20,21,24)(H,22,25,26). The Morgan fingerprint density at radius 2 is 2.00 bits per heavy atom. The summed E-state index contributed by atoms with van der Waals surface area (Å²) in [7, 11) is 0. The summed E-state index contributed by atoms with van der Waals surface area (Å²) in [5.41, 5.74) is 8.66.